The lowest BCUT2D eigenvalue weighted by Gasteiger charge is -2.07. The molecule has 0 N–H and O–H groups in total. The average Bonchev–Trinajstić information content (AvgIpc) is 2.16. The summed E-state index contributed by atoms with van der Waals surface area (Å²) < 4.78 is 13.2. The molecule has 1 atom stereocenters. The van der Waals surface area contributed by atoms with Gasteiger partial charge in [-0.25, -0.2) is 4.39 Å². The Bertz CT molecular complexity index is 352. The minimum Gasteiger partial charge on any atom is -0.298 e. The van der Waals surface area contributed by atoms with Crippen LogP contribution in [0, 0.1) is 5.82 Å². The van der Waals surface area contributed by atoms with Gasteiger partial charge in [0.05, 0.1) is 5.88 Å². The zero-order valence-electron chi connectivity index (χ0n) is 7.56. The molecule has 0 aliphatic rings. The van der Waals surface area contributed by atoms with Gasteiger partial charge in [-0.05, 0) is 18.6 Å². The molecule has 0 aromatic heterocycles. The molecule has 0 saturated heterocycles. The summed E-state index contributed by atoms with van der Waals surface area (Å²) >= 11 is 11.2. The van der Waals surface area contributed by atoms with Gasteiger partial charge in [0, 0.05) is 5.56 Å². The zero-order valence-corrected chi connectivity index (χ0v) is 9.07. The number of halogens is 3. The van der Waals surface area contributed by atoms with Crippen molar-refractivity contribution in [2.75, 3.05) is 0 Å². The third-order valence-electron chi connectivity index (χ3n) is 1.87. The van der Waals surface area contributed by atoms with Gasteiger partial charge in [-0.1, -0.05) is 12.1 Å². The van der Waals surface area contributed by atoms with Gasteiger partial charge in [0.15, 0.2) is 5.78 Å². The van der Waals surface area contributed by atoms with E-state index in [9.17, 15) is 9.18 Å². The van der Waals surface area contributed by atoms with E-state index in [0.29, 0.717) is 11.1 Å². The van der Waals surface area contributed by atoms with Crippen LogP contribution in [0.4, 0.5) is 4.39 Å². The molecule has 76 valence electrons. The number of rotatable bonds is 3. The molecule has 0 spiro atoms. The molecular weight excluding hydrogens is 226 g/mol. The van der Waals surface area contributed by atoms with E-state index in [1.807, 2.05) is 0 Å². The SMILES string of the molecule is CC(=O)C(Cl)c1ccc(CCl)c(F)c1. The molecule has 1 unspecified atom stereocenters. The highest BCUT2D eigenvalue weighted by atomic mass is 35.5. The molecule has 0 aliphatic heterocycles. The standard InChI is InChI=1S/C10H9Cl2FO/c1-6(14)10(12)7-2-3-8(5-11)9(13)4-7/h2-4,10H,5H2,1H3. The molecule has 0 fully saturated rings. The summed E-state index contributed by atoms with van der Waals surface area (Å²) in [5.74, 6) is -0.520. The third kappa shape index (κ3) is 2.46. The Balaban J connectivity index is 3.02. The number of carbonyl (C=O) groups is 1. The number of ketones is 1. The Morgan fingerprint density at radius 1 is 1.57 bits per heavy atom. The van der Waals surface area contributed by atoms with E-state index in [0.717, 1.165) is 0 Å². The van der Waals surface area contributed by atoms with Gasteiger partial charge in [0.1, 0.15) is 11.2 Å². The monoisotopic (exact) mass is 234 g/mol. The maximum atomic E-state index is 13.2. The highest BCUT2D eigenvalue weighted by molar-refractivity contribution is 6.30. The van der Waals surface area contributed by atoms with Gasteiger partial charge in [-0.3, -0.25) is 4.79 Å². The summed E-state index contributed by atoms with van der Waals surface area (Å²) in [5.41, 5.74) is 0.869. The summed E-state index contributed by atoms with van der Waals surface area (Å²) in [4.78, 5) is 10.9. The smallest absolute Gasteiger partial charge is 0.152 e. The van der Waals surface area contributed by atoms with Crippen LogP contribution in [-0.2, 0) is 10.7 Å². The van der Waals surface area contributed by atoms with Crippen LogP contribution >= 0.6 is 23.2 Å². The summed E-state index contributed by atoms with van der Waals surface area (Å²) in [5, 5.41) is -0.783. The second kappa shape index (κ2) is 4.76. The molecule has 14 heavy (non-hydrogen) atoms. The second-order valence-electron chi connectivity index (χ2n) is 2.96. The van der Waals surface area contributed by atoms with Crippen LogP contribution in [-0.4, -0.2) is 5.78 Å². The molecular formula is C10H9Cl2FO. The van der Waals surface area contributed by atoms with Gasteiger partial charge >= 0.3 is 0 Å². The van der Waals surface area contributed by atoms with Crippen molar-refractivity contribution in [1.82, 2.24) is 0 Å². The van der Waals surface area contributed by atoms with Gasteiger partial charge in [0.25, 0.3) is 0 Å². The molecule has 4 heteroatoms. The van der Waals surface area contributed by atoms with E-state index in [1.54, 1.807) is 6.07 Å². The lowest BCUT2D eigenvalue weighted by atomic mass is 10.1. The van der Waals surface area contributed by atoms with Crippen molar-refractivity contribution in [1.29, 1.82) is 0 Å². The molecule has 0 bridgehead atoms. The lowest BCUT2D eigenvalue weighted by Crippen LogP contribution is -2.02. The van der Waals surface area contributed by atoms with E-state index in [1.165, 1.54) is 19.1 Å². The van der Waals surface area contributed by atoms with Crippen LogP contribution in [0.25, 0.3) is 0 Å². The van der Waals surface area contributed by atoms with Crippen LogP contribution in [0.3, 0.4) is 0 Å². The largest absolute Gasteiger partial charge is 0.298 e. The Labute approximate surface area is 91.8 Å². The van der Waals surface area contributed by atoms with Crippen molar-refractivity contribution in [2.24, 2.45) is 0 Å². The van der Waals surface area contributed by atoms with Crippen molar-refractivity contribution in [2.45, 2.75) is 18.2 Å². The molecule has 0 heterocycles. The van der Waals surface area contributed by atoms with Crippen LogP contribution in [0.2, 0.25) is 0 Å². The lowest BCUT2D eigenvalue weighted by molar-refractivity contribution is -0.116. The molecule has 1 nitrogen and oxygen atoms in total. The first-order chi connectivity index (χ1) is 6.56. The maximum Gasteiger partial charge on any atom is 0.152 e. The van der Waals surface area contributed by atoms with E-state index in [-0.39, 0.29) is 11.7 Å². The van der Waals surface area contributed by atoms with Gasteiger partial charge in [-0.2, -0.15) is 0 Å². The Hall–Kier alpha value is -0.600. The summed E-state index contributed by atoms with van der Waals surface area (Å²) in [6.45, 7) is 1.37. The highest BCUT2D eigenvalue weighted by Crippen LogP contribution is 2.23. The number of hydrogen-bond donors (Lipinski definition) is 0. The predicted molar refractivity (Wildman–Crippen MR) is 55.2 cm³/mol. The minimum absolute atomic E-state index is 0.110. The molecule has 0 amide bonds. The average molecular weight is 235 g/mol. The van der Waals surface area contributed by atoms with Gasteiger partial charge in [-0.15, -0.1) is 23.2 Å². The highest BCUT2D eigenvalue weighted by Gasteiger charge is 2.14. The topological polar surface area (TPSA) is 17.1 Å². The molecule has 1 rings (SSSR count). The second-order valence-corrected chi connectivity index (χ2v) is 3.66. The van der Waals surface area contributed by atoms with Crippen molar-refractivity contribution in [3.63, 3.8) is 0 Å². The fourth-order valence-corrected chi connectivity index (χ4v) is 1.42. The molecule has 1 aromatic carbocycles. The summed E-state index contributed by atoms with van der Waals surface area (Å²) in [7, 11) is 0. The molecule has 0 aliphatic carbocycles. The maximum absolute atomic E-state index is 13.2. The first-order valence-corrected chi connectivity index (χ1v) is 5.02. The van der Waals surface area contributed by atoms with Crippen molar-refractivity contribution in [3.8, 4) is 0 Å². The summed E-state index contributed by atoms with van der Waals surface area (Å²) in [6.07, 6.45) is 0. The Kier molecular flexibility index (Phi) is 3.90. The van der Waals surface area contributed by atoms with Crippen molar-refractivity contribution < 1.29 is 9.18 Å². The minimum atomic E-state index is -0.783. The zero-order chi connectivity index (χ0) is 10.7. The van der Waals surface area contributed by atoms with Crippen LogP contribution in [0.15, 0.2) is 18.2 Å². The first-order valence-electron chi connectivity index (χ1n) is 4.05. The fourth-order valence-electron chi connectivity index (χ4n) is 1.06. The third-order valence-corrected chi connectivity index (χ3v) is 2.72. The van der Waals surface area contributed by atoms with Gasteiger partial charge in [0.2, 0.25) is 0 Å². The number of benzene rings is 1. The van der Waals surface area contributed by atoms with Gasteiger partial charge < -0.3 is 0 Å². The number of Topliss-reactive ketones (excluding diaryl/α,β-unsaturated/α-hetero) is 1. The number of hydrogen-bond acceptors (Lipinski definition) is 1. The van der Waals surface area contributed by atoms with Crippen molar-refractivity contribution >= 4 is 29.0 Å². The van der Waals surface area contributed by atoms with E-state index in [4.69, 9.17) is 23.2 Å². The van der Waals surface area contributed by atoms with Crippen LogP contribution in [0.5, 0.6) is 0 Å². The first kappa shape index (κ1) is 11.5. The van der Waals surface area contributed by atoms with E-state index >= 15 is 0 Å². The van der Waals surface area contributed by atoms with Crippen LogP contribution in [0.1, 0.15) is 23.4 Å². The number of carbonyl (C=O) groups excluding carboxylic acids is 1. The summed E-state index contributed by atoms with van der Waals surface area (Å²) in [6, 6.07) is 4.40. The molecule has 0 radical (unpaired) electrons. The quantitative estimate of drug-likeness (QED) is 0.733. The van der Waals surface area contributed by atoms with E-state index < -0.39 is 11.2 Å². The number of alkyl halides is 2. The molecule has 1 aromatic rings. The fraction of sp³-hybridized carbons (Fsp3) is 0.300. The predicted octanol–water partition coefficient (Wildman–Crippen LogP) is 3.43. The Morgan fingerprint density at radius 2 is 2.21 bits per heavy atom. The Morgan fingerprint density at radius 3 is 2.64 bits per heavy atom. The van der Waals surface area contributed by atoms with Crippen molar-refractivity contribution in [3.05, 3.63) is 35.1 Å². The van der Waals surface area contributed by atoms with Crippen LogP contribution < -0.4 is 0 Å². The normalized spacial score (nSPS) is 12.6. The molecule has 0 saturated carbocycles. The van der Waals surface area contributed by atoms with E-state index in [2.05, 4.69) is 0 Å².